The largest absolute Gasteiger partial charge is 0.502 e. The molecule has 1 N–H and O–H groups in total. The third kappa shape index (κ3) is 2.83. The molecule has 0 aliphatic rings. The van der Waals surface area contributed by atoms with Gasteiger partial charge in [-0.2, -0.15) is 4.57 Å². The summed E-state index contributed by atoms with van der Waals surface area (Å²) < 4.78 is 3.30. The Hall–Kier alpha value is -3.60. The first kappa shape index (κ1) is 16.8. The van der Waals surface area contributed by atoms with Crippen LogP contribution in [0.4, 0.5) is 5.69 Å². The molecule has 0 radical (unpaired) electrons. The van der Waals surface area contributed by atoms with Gasteiger partial charge in [0.1, 0.15) is 0 Å². The molecule has 2 aromatic heterocycles. The van der Waals surface area contributed by atoms with Crippen LogP contribution < -0.4 is 15.0 Å². The van der Waals surface area contributed by atoms with Gasteiger partial charge in [0.15, 0.2) is 12.4 Å². The van der Waals surface area contributed by atoms with Gasteiger partial charge in [0.2, 0.25) is 5.75 Å². The van der Waals surface area contributed by atoms with Crippen LogP contribution in [0.15, 0.2) is 83.9 Å². The highest BCUT2D eigenvalue weighted by Gasteiger charge is 2.24. The molecule has 5 nitrogen and oxygen atoms in total. The van der Waals surface area contributed by atoms with Crippen molar-refractivity contribution < 1.29 is 9.67 Å². The third-order valence-corrected chi connectivity index (χ3v) is 4.63. The molecular formula is C22H20N3O2+. The van der Waals surface area contributed by atoms with Crippen LogP contribution in [0.3, 0.4) is 0 Å². The van der Waals surface area contributed by atoms with Crippen LogP contribution >= 0.6 is 0 Å². The van der Waals surface area contributed by atoms with Crippen molar-refractivity contribution in [1.29, 1.82) is 0 Å². The average molecular weight is 358 g/mol. The molecule has 0 bridgehead atoms. The third-order valence-electron chi connectivity index (χ3n) is 4.63. The highest BCUT2D eigenvalue weighted by atomic mass is 16.3. The van der Waals surface area contributed by atoms with E-state index in [1.807, 2.05) is 85.7 Å². The first-order chi connectivity index (χ1) is 13.1. The summed E-state index contributed by atoms with van der Waals surface area (Å²) in [5, 5.41) is 11.5. The SMILES string of the molecule is CN(C)c1cc[n+](-c2c(O)c3ccccc3n(-c3ccccc3)c2=O)cc1. The summed E-state index contributed by atoms with van der Waals surface area (Å²) in [6, 6.07) is 20.6. The van der Waals surface area contributed by atoms with E-state index in [1.165, 1.54) is 0 Å². The Bertz CT molecular complexity index is 1160. The Morgan fingerprint density at radius 3 is 2.19 bits per heavy atom. The van der Waals surface area contributed by atoms with Crippen molar-refractivity contribution in [2.75, 3.05) is 19.0 Å². The number of pyridine rings is 2. The molecule has 0 saturated carbocycles. The maximum absolute atomic E-state index is 13.4. The van der Waals surface area contributed by atoms with E-state index in [-0.39, 0.29) is 17.0 Å². The molecule has 27 heavy (non-hydrogen) atoms. The van der Waals surface area contributed by atoms with Gasteiger partial charge in [0.05, 0.1) is 5.52 Å². The minimum Gasteiger partial charge on any atom is -0.502 e. The second kappa shape index (κ2) is 6.61. The molecule has 0 unspecified atom stereocenters. The minimum absolute atomic E-state index is 0.0228. The van der Waals surface area contributed by atoms with Gasteiger partial charge >= 0.3 is 11.2 Å². The number of rotatable bonds is 3. The number of para-hydroxylation sites is 2. The van der Waals surface area contributed by atoms with E-state index in [0.717, 1.165) is 11.4 Å². The smallest absolute Gasteiger partial charge is 0.332 e. The number of aromatic hydroxyl groups is 1. The van der Waals surface area contributed by atoms with E-state index in [1.54, 1.807) is 21.5 Å². The van der Waals surface area contributed by atoms with Crippen molar-refractivity contribution in [2.45, 2.75) is 0 Å². The average Bonchev–Trinajstić information content (AvgIpc) is 2.69. The molecule has 4 aromatic rings. The molecular weight excluding hydrogens is 338 g/mol. The quantitative estimate of drug-likeness (QED) is 0.573. The van der Waals surface area contributed by atoms with Gasteiger partial charge < -0.3 is 10.0 Å². The molecule has 134 valence electrons. The highest BCUT2D eigenvalue weighted by molar-refractivity contribution is 5.88. The number of anilines is 1. The van der Waals surface area contributed by atoms with Crippen LogP contribution in [0.2, 0.25) is 0 Å². The number of fused-ring (bicyclic) bond motifs is 1. The monoisotopic (exact) mass is 358 g/mol. The summed E-state index contributed by atoms with van der Waals surface area (Å²) in [6.07, 6.45) is 3.58. The predicted octanol–water partition coefficient (Wildman–Crippen LogP) is 3.04. The zero-order valence-corrected chi connectivity index (χ0v) is 15.2. The molecule has 2 heterocycles. The lowest BCUT2D eigenvalue weighted by Gasteiger charge is -2.13. The molecule has 5 heteroatoms. The maximum Gasteiger partial charge on any atom is 0.332 e. The number of hydrogen-bond acceptors (Lipinski definition) is 3. The summed E-state index contributed by atoms with van der Waals surface area (Å²) in [6.45, 7) is 0. The number of nitrogens with zero attached hydrogens (tertiary/aromatic N) is 3. The molecule has 0 aliphatic heterocycles. The van der Waals surface area contributed by atoms with E-state index in [2.05, 4.69) is 0 Å². The standard InChI is InChI=1S/C22H19N3O2/c1-23(2)16-12-14-24(15-13-16)20-21(26)18-10-6-7-11-19(18)25(22(20)27)17-8-4-3-5-9-17/h3-15H,1-2H3/p+1. The Morgan fingerprint density at radius 1 is 0.889 bits per heavy atom. The van der Waals surface area contributed by atoms with Crippen LogP contribution in [0.25, 0.3) is 22.3 Å². The van der Waals surface area contributed by atoms with Crippen LogP contribution in [-0.2, 0) is 0 Å². The summed E-state index contributed by atoms with van der Waals surface area (Å²) in [4.78, 5) is 15.4. The second-order valence-electron chi connectivity index (χ2n) is 6.55. The summed E-state index contributed by atoms with van der Waals surface area (Å²) in [5.74, 6) is -0.0228. The summed E-state index contributed by atoms with van der Waals surface area (Å²) in [5.41, 5.74) is 2.38. The van der Waals surface area contributed by atoms with Gasteiger partial charge in [0, 0.05) is 43.0 Å². The fourth-order valence-corrected chi connectivity index (χ4v) is 3.24. The first-order valence-corrected chi connectivity index (χ1v) is 8.69. The number of hydrogen-bond donors (Lipinski definition) is 1. The van der Waals surface area contributed by atoms with Crippen molar-refractivity contribution in [3.05, 3.63) is 89.5 Å². The minimum atomic E-state index is -0.278. The van der Waals surface area contributed by atoms with Crippen LogP contribution in [0.1, 0.15) is 0 Å². The lowest BCUT2D eigenvalue weighted by atomic mass is 10.1. The topological polar surface area (TPSA) is 49.4 Å². The predicted molar refractivity (Wildman–Crippen MR) is 107 cm³/mol. The lowest BCUT2D eigenvalue weighted by molar-refractivity contribution is -0.597. The Morgan fingerprint density at radius 2 is 1.52 bits per heavy atom. The molecule has 4 rings (SSSR count). The summed E-state index contributed by atoms with van der Waals surface area (Å²) >= 11 is 0. The number of aromatic nitrogens is 2. The first-order valence-electron chi connectivity index (χ1n) is 8.69. The molecule has 0 atom stereocenters. The van der Waals surface area contributed by atoms with Gasteiger partial charge in [-0.3, -0.25) is 9.36 Å². The lowest BCUT2D eigenvalue weighted by Crippen LogP contribution is -2.39. The van der Waals surface area contributed by atoms with Crippen molar-refractivity contribution in [1.82, 2.24) is 4.57 Å². The molecule has 0 aliphatic carbocycles. The Kier molecular flexibility index (Phi) is 4.12. The Labute approximate surface area is 157 Å². The van der Waals surface area contributed by atoms with Crippen LogP contribution in [0.5, 0.6) is 5.75 Å². The van der Waals surface area contributed by atoms with Gasteiger partial charge in [-0.05, 0) is 24.3 Å². The van der Waals surface area contributed by atoms with Crippen molar-refractivity contribution in [3.63, 3.8) is 0 Å². The molecule has 0 fully saturated rings. The normalized spacial score (nSPS) is 10.9. The number of benzene rings is 2. The van der Waals surface area contributed by atoms with E-state index in [0.29, 0.717) is 10.9 Å². The van der Waals surface area contributed by atoms with Gasteiger partial charge in [-0.1, -0.05) is 30.3 Å². The van der Waals surface area contributed by atoms with E-state index in [4.69, 9.17) is 0 Å². The maximum atomic E-state index is 13.4. The molecule has 0 spiro atoms. The summed E-state index contributed by atoms with van der Waals surface area (Å²) in [7, 11) is 3.91. The van der Waals surface area contributed by atoms with Gasteiger partial charge in [0.25, 0.3) is 0 Å². The van der Waals surface area contributed by atoms with E-state index < -0.39 is 0 Å². The van der Waals surface area contributed by atoms with E-state index >= 15 is 0 Å². The molecule has 2 aromatic carbocycles. The fraction of sp³-hybridized carbons (Fsp3) is 0.0909. The highest BCUT2D eigenvalue weighted by Crippen LogP contribution is 2.28. The van der Waals surface area contributed by atoms with Gasteiger partial charge in [-0.15, -0.1) is 0 Å². The van der Waals surface area contributed by atoms with Crippen molar-refractivity contribution in [3.8, 4) is 17.1 Å². The fourth-order valence-electron chi connectivity index (χ4n) is 3.24. The molecule has 0 saturated heterocycles. The Balaban J connectivity index is 2.06. The second-order valence-corrected chi connectivity index (χ2v) is 6.55. The van der Waals surface area contributed by atoms with E-state index in [9.17, 15) is 9.90 Å². The zero-order chi connectivity index (χ0) is 19.0. The van der Waals surface area contributed by atoms with Crippen molar-refractivity contribution in [2.24, 2.45) is 0 Å². The van der Waals surface area contributed by atoms with Crippen molar-refractivity contribution >= 4 is 16.6 Å². The zero-order valence-electron chi connectivity index (χ0n) is 15.2. The van der Waals surface area contributed by atoms with Crippen LogP contribution in [0, 0.1) is 0 Å². The molecule has 0 amide bonds. The van der Waals surface area contributed by atoms with Gasteiger partial charge in [-0.25, -0.2) is 0 Å². The van der Waals surface area contributed by atoms with Crippen LogP contribution in [-0.4, -0.2) is 23.8 Å².